The van der Waals surface area contributed by atoms with Crippen molar-refractivity contribution in [2.24, 2.45) is 0 Å². The van der Waals surface area contributed by atoms with E-state index in [0.29, 0.717) is 13.2 Å². The van der Waals surface area contributed by atoms with Gasteiger partial charge in [0.15, 0.2) is 0 Å². The maximum absolute atomic E-state index is 12.0. The maximum atomic E-state index is 12.0. The maximum Gasteiger partial charge on any atom is 0.260 e. The Morgan fingerprint density at radius 1 is 1.46 bits per heavy atom. The SMILES string of the molecule is C[C@H]1CN(c2ccc(CNC(=O)c3ccc[nH]c3=O)cn2)CCO1. The lowest BCUT2D eigenvalue weighted by Gasteiger charge is -2.32. The van der Waals surface area contributed by atoms with E-state index in [1.54, 1.807) is 12.3 Å². The van der Waals surface area contributed by atoms with E-state index in [2.05, 4.69) is 20.2 Å². The summed E-state index contributed by atoms with van der Waals surface area (Å²) in [7, 11) is 0. The highest BCUT2D eigenvalue weighted by atomic mass is 16.5. The van der Waals surface area contributed by atoms with Crippen molar-refractivity contribution in [3.8, 4) is 0 Å². The van der Waals surface area contributed by atoms with Crippen LogP contribution in [0.25, 0.3) is 0 Å². The summed E-state index contributed by atoms with van der Waals surface area (Å²) in [5, 5.41) is 2.73. The number of morpholine rings is 1. The van der Waals surface area contributed by atoms with E-state index in [1.165, 1.54) is 12.3 Å². The molecule has 1 saturated heterocycles. The smallest absolute Gasteiger partial charge is 0.260 e. The monoisotopic (exact) mass is 328 g/mol. The van der Waals surface area contributed by atoms with Gasteiger partial charge in [-0.2, -0.15) is 0 Å². The molecular weight excluding hydrogens is 308 g/mol. The number of nitrogens with zero attached hydrogens (tertiary/aromatic N) is 2. The average Bonchev–Trinajstić information content (AvgIpc) is 2.60. The fraction of sp³-hybridized carbons (Fsp3) is 0.353. The minimum absolute atomic E-state index is 0.101. The van der Waals surface area contributed by atoms with Gasteiger partial charge in [0.05, 0.1) is 12.7 Å². The molecule has 1 amide bonds. The first-order chi connectivity index (χ1) is 11.6. The van der Waals surface area contributed by atoms with Gasteiger partial charge in [0, 0.05) is 32.0 Å². The number of amides is 1. The number of ether oxygens (including phenoxy) is 1. The van der Waals surface area contributed by atoms with Gasteiger partial charge in [0.25, 0.3) is 11.5 Å². The van der Waals surface area contributed by atoms with Crippen LogP contribution in [-0.2, 0) is 11.3 Å². The highest BCUT2D eigenvalue weighted by Gasteiger charge is 2.17. The molecule has 0 aromatic carbocycles. The molecule has 1 atom stereocenters. The molecule has 3 rings (SSSR count). The van der Waals surface area contributed by atoms with Crippen molar-refractivity contribution in [2.75, 3.05) is 24.6 Å². The lowest BCUT2D eigenvalue weighted by molar-refractivity contribution is 0.0529. The number of aromatic amines is 1. The van der Waals surface area contributed by atoms with Crippen LogP contribution in [0, 0.1) is 0 Å². The number of nitrogens with one attached hydrogen (secondary N) is 2. The van der Waals surface area contributed by atoms with Crippen molar-refractivity contribution in [2.45, 2.75) is 19.6 Å². The van der Waals surface area contributed by atoms with Gasteiger partial charge in [0.1, 0.15) is 11.4 Å². The normalized spacial score (nSPS) is 17.5. The molecule has 1 aliphatic heterocycles. The minimum Gasteiger partial charge on any atom is -0.375 e. The molecule has 7 heteroatoms. The number of pyridine rings is 2. The van der Waals surface area contributed by atoms with Crippen LogP contribution in [0.5, 0.6) is 0 Å². The van der Waals surface area contributed by atoms with Crippen LogP contribution in [0.3, 0.4) is 0 Å². The predicted molar refractivity (Wildman–Crippen MR) is 90.1 cm³/mol. The Morgan fingerprint density at radius 3 is 3.04 bits per heavy atom. The second-order valence-corrected chi connectivity index (χ2v) is 5.75. The van der Waals surface area contributed by atoms with Gasteiger partial charge in [-0.15, -0.1) is 0 Å². The van der Waals surface area contributed by atoms with E-state index in [4.69, 9.17) is 4.74 Å². The van der Waals surface area contributed by atoms with E-state index >= 15 is 0 Å². The summed E-state index contributed by atoms with van der Waals surface area (Å²) in [5.41, 5.74) is 0.579. The van der Waals surface area contributed by atoms with Gasteiger partial charge in [0.2, 0.25) is 0 Å². The number of carbonyl (C=O) groups is 1. The third-order valence-corrected chi connectivity index (χ3v) is 3.89. The van der Waals surface area contributed by atoms with Gasteiger partial charge in [-0.1, -0.05) is 6.07 Å². The van der Waals surface area contributed by atoms with Crippen LogP contribution in [0.4, 0.5) is 5.82 Å². The zero-order valence-corrected chi connectivity index (χ0v) is 13.5. The molecule has 1 aliphatic rings. The van der Waals surface area contributed by atoms with Crippen LogP contribution in [0.1, 0.15) is 22.8 Å². The van der Waals surface area contributed by atoms with Crippen LogP contribution >= 0.6 is 0 Å². The summed E-state index contributed by atoms with van der Waals surface area (Å²) >= 11 is 0. The first kappa shape index (κ1) is 16.2. The number of anilines is 1. The van der Waals surface area contributed by atoms with Gasteiger partial charge in [-0.3, -0.25) is 9.59 Å². The molecule has 3 heterocycles. The van der Waals surface area contributed by atoms with Crippen molar-refractivity contribution in [1.82, 2.24) is 15.3 Å². The standard InChI is InChI=1S/C17H20N4O3/c1-12-11-21(7-8-24-12)15-5-4-13(9-19-15)10-20-17(23)14-3-2-6-18-16(14)22/h2-6,9,12H,7-8,10-11H2,1H3,(H,18,22)(H,20,23)/t12-/m0/s1. The number of hydrogen-bond acceptors (Lipinski definition) is 5. The number of H-pyrrole nitrogens is 1. The Bertz CT molecular complexity index is 757. The topological polar surface area (TPSA) is 87.3 Å². The lowest BCUT2D eigenvalue weighted by Crippen LogP contribution is -2.41. The van der Waals surface area contributed by atoms with Crippen molar-refractivity contribution < 1.29 is 9.53 Å². The molecule has 2 aromatic heterocycles. The third kappa shape index (κ3) is 3.80. The Morgan fingerprint density at radius 2 is 2.33 bits per heavy atom. The zero-order valence-electron chi connectivity index (χ0n) is 13.5. The highest BCUT2D eigenvalue weighted by Crippen LogP contribution is 2.15. The molecule has 1 fully saturated rings. The van der Waals surface area contributed by atoms with Crippen LogP contribution in [-0.4, -0.2) is 41.7 Å². The van der Waals surface area contributed by atoms with Gasteiger partial charge >= 0.3 is 0 Å². The molecule has 0 bridgehead atoms. The van der Waals surface area contributed by atoms with E-state index in [9.17, 15) is 9.59 Å². The first-order valence-electron chi connectivity index (χ1n) is 7.91. The van der Waals surface area contributed by atoms with E-state index in [1.807, 2.05) is 19.1 Å². The summed E-state index contributed by atoms with van der Waals surface area (Å²) in [6.45, 7) is 4.71. The number of rotatable bonds is 4. The molecule has 7 nitrogen and oxygen atoms in total. The molecule has 24 heavy (non-hydrogen) atoms. The molecular formula is C17H20N4O3. The van der Waals surface area contributed by atoms with Crippen LogP contribution < -0.4 is 15.8 Å². The largest absolute Gasteiger partial charge is 0.375 e. The average molecular weight is 328 g/mol. The van der Waals surface area contributed by atoms with Crippen molar-refractivity contribution in [3.05, 3.63) is 58.1 Å². The lowest BCUT2D eigenvalue weighted by atomic mass is 10.2. The van der Waals surface area contributed by atoms with E-state index < -0.39 is 11.5 Å². The molecule has 0 spiro atoms. The van der Waals surface area contributed by atoms with Gasteiger partial charge in [-0.05, 0) is 30.7 Å². The predicted octanol–water partition coefficient (Wildman–Crippen LogP) is 0.925. The third-order valence-electron chi connectivity index (χ3n) is 3.89. The molecule has 0 unspecified atom stereocenters. The Hall–Kier alpha value is -2.67. The summed E-state index contributed by atoms with van der Waals surface area (Å²) in [6.07, 6.45) is 3.43. The zero-order chi connectivity index (χ0) is 16.9. The first-order valence-corrected chi connectivity index (χ1v) is 7.91. The number of carbonyl (C=O) groups excluding carboxylic acids is 1. The van der Waals surface area contributed by atoms with Gasteiger partial charge < -0.3 is 19.9 Å². The highest BCUT2D eigenvalue weighted by molar-refractivity contribution is 5.93. The Labute approximate surface area is 139 Å². The molecule has 0 aliphatic carbocycles. The fourth-order valence-corrected chi connectivity index (χ4v) is 2.61. The summed E-state index contributed by atoms with van der Waals surface area (Å²) in [4.78, 5) is 32.7. The molecule has 2 N–H and O–H groups in total. The molecule has 126 valence electrons. The summed E-state index contributed by atoms with van der Waals surface area (Å²) in [6, 6.07) is 6.98. The van der Waals surface area contributed by atoms with Crippen LogP contribution in [0.15, 0.2) is 41.5 Å². The van der Waals surface area contributed by atoms with Crippen LogP contribution in [0.2, 0.25) is 0 Å². The van der Waals surface area contributed by atoms with Crippen molar-refractivity contribution in [3.63, 3.8) is 0 Å². The quantitative estimate of drug-likeness (QED) is 0.872. The number of aromatic nitrogens is 2. The van der Waals surface area contributed by atoms with Crippen molar-refractivity contribution in [1.29, 1.82) is 0 Å². The van der Waals surface area contributed by atoms with Gasteiger partial charge in [-0.25, -0.2) is 4.98 Å². The fourth-order valence-electron chi connectivity index (χ4n) is 2.61. The Kier molecular flexibility index (Phi) is 4.90. The second-order valence-electron chi connectivity index (χ2n) is 5.75. The number of hydrogen-bond donors (Lipinski definition) is 2. The van der Waals surface area contributed by atoms with Crippen molar-refractivity contribution >= 4 is 11.7 Å². The molecule has 2 aromatic rings. The van der Waals surface area contributed by atoms with E-state index in [0.717, 1.165) is 24.5 Å². The summed E-state index contributed by atoms with van der Waals surface area (Å²) in [5.74, 6) is 0.502. The molecule has 0 radical (unpaired) electrons. The summed E-state index contributed by atoms with van der Waals surface area (Å²) < 4.78 is 5.52. The second kappa shape index (κ2) is 7.27. The van der Waals surface area contributed by atoms with E-state index in [-0.39, 0.29) is 11.7 Å². The molecule has 0 saturated carbocycles. The minimum atomic E-state index is -0.400. The Balaban J connectivity index is 1.59.